The molecule has 0 atom stereocenters. The number of Topliss-reactive ketones (excluding diaryl/α,β-unsaturated/α-hetero) is 1. The van der Waals surface area contributed by atoms with Crippen molar-refractivity contribution >= 4 is 27.3 Å². The second-order valence-electron chi connectivity index (χ2n) is 7.27. The molecule has 0 spiro atoms. The molecule has 3 aromatic rings. The number of nitrogens with zero attached hydrogens (tertiary/aromatic N) is 1. The molecule has 0 bridgehead atoms. The van der Waals surface area contributed by atoms with Crippen LogP contribution in [0.5, 0.6) is 0 Å². The number of H-pyrrole nitrogens is 1. The number of hydrogen-bond acceptors (Lipinski definition) is 4. The Morgan fingerprint density at radius 1 is 1.29 bits per heavy atom. The smallest absolute Gasteiger partial charge is 0.260 e. The zero-order valence-electron chi connectivity index (χ0n) is 17.1. The third kappa shape index (κ3) is 4.09. The summed E-state index contributed by atoms with van der Waals surface area (Å²) in [5, 5.41) is 0.698. The van der Waals surface area contributed by atoms with E-state index >= 15 is 0 Å². The largest absolute Gasteiger partial charge is 0.303 e. The summed E-state index contributed by atoms with van der Waals surface area (Å²) in [6.07, 6.45) is 4.07. The third-order valence-electron chi connectivity index (χ3n) is 5.10. The number of fused-ring (bicyclic) bond motifs is 3. The number of aromatic amines is 1. The molecule has 0 saturated carbocycles. The van der Waals surface area contributed by atoms with Crippen LogP contribution in [0.15, 0.2) is 29.1 Å². The summed E-state index contributed by atoms with van der Waals surface area (Å²) < 4.78 is 0. The Labute approximate surface area is 171 Å². The van der Waals surface area contributed by atoms with E-state index in [-0.39, 0.29) is 18.6 Å². The van der Waals surface area contributed by atoms with Gasteiger partial charge in [-0.1, -0.05) is 52.0 Å². The van der Waals surface area contributed by atoms with E-state index in [0.717, 1.165) is 30.4 Å². The van der Waals surface area contributed by atoms with Crippen LogP contribution in [0.3, 0.4) is 0 Å². The zero-order chi connectivity index (χ0) is 20.3. The SMILES string of the molecule is CC.CC(C)c1cccc(CCC(=O)c2nc3sc4c(c3c(=O)[nH]2)CCC4)c1.[HH]. The van der Waals surface area contributed by atoms with Crippen LogP contribution in [0, 0.1) is 0 Å². The van der Waals surface area contributed by atoms with Crippen LogP contribution in [0.25, 0.3) is 10.2 Å². The minimum absolute atomic E-state index is 0. The first-order valence-electron chi connectivity index (χ1n) is 10.2. The van der Waals surface area contributed by atoms with Crippen LogP contribution in [0.1, 0.15) is 80.1 Å². The molecule has 0 unspecified atom stereocenters. The monoisotopic (exact) mass is 398 g/mol. The molecule has 0 saturated heterocycles. The lowest BCUT2D eigenvalue weighted by Crippen LogP contribution is -2.16. The first-order valence-corrected chi connectivity index (χ1v) is 11.0. The average Bonchev–Trinajstić information content (AvgIpc) is 3.28. The first-order chi connectivity index (χ1) is 13.5. The predicted octanol–water partition coefficient (Wildman–Crippen LogP) is 5.68. The molecule has 5 heteroatoms. The highest BCUT2D eigenvalue weighted by molar-refractivity contribution is 7.18. The summed E-state index contributed by atoms with van der Waals surface area (Å²) in [6, 6.07) is 8.34. The minimum atomic E-state index is -0.167. The van der Waals surface area contributed by atoms with Crippen LogP contribution in [-0.2, 0) is 19.3 Å². The number of ketones is 1. The van der Waals surface area contributed by atoms with Gasteiger partial charge in [-0.05, 0) is 48.3 Å². The Hall–Kier alpha value is -2.27. The third-order valence-corrected chi connectivity index (χ3v) is 6.28. The van der Waals surface area contributed by atoms with Crippen molar-refractivity contribution in [2.45, 2.75) is 65.7 Å². The van der Waals surface area contributed by atoms with Crippen LogP contribution in [0.2, 0.25) is 0 Å². The highest BCUT2D eigenvalue weighted by atomic mass is 32.1. The van der Waals surface area contributed by atoms with Crippen molar-refractivity contribution in [3.63, 3.8) is 0 Å². The number of hydrogen-bond donors (Lipinski definition) is 1. The average molecular weight is 399 g/mol. The van der Waals surface area contributed by atoms with Gasteiger partial charge in [-0.25, -0.2) is 4.98 Å². The van der Waals surface area contributed by atoms with Crippen LogP contribution in [0.4, 0.5) is 0 Å². The van der Waals surface area contributed by atoms with Gasteiger partial charge in [0.25, 0.3) is 5.56 Å². The highest BCUT2D eigenvalue weighted by Crippen LogP contribution is 2.34. The molecule has 150 valence electrons. The van der Waals surface area contributed by atoms with Gasteiger partial charge in [-0.2, -0.15) is 0 Å². The molecular weight excluding hydrogens is 368 g/mol. The maximum atomic E-state index is 12.6. The van der Waals surface area contributed by atoms with Crippen molar-refractivity contribution in [3.05, 3.63) is 62.0 Å². The fraction of sp³-hybridized carbons (Fsp3) is 0.435. The van der Waals surface area contributed by atoms with E-state index in [1.807, 2.05) is 26.0 Å². The van der Waals surface area contributed by atoms with Crippen LogP contribution in [-0.4, -0.2) is 15.8 Å². The second-order valence-corrected chi connectivity index (χ2v) is 8.36. The van der Waals surface area contributed by atoms with Crippen molar-refractivity contribution in [1.82, 2.24) is 9.97 Å². The van der Waals surface area contributed by atoms with Gasteiger partial charge in [0, 0.05) is 12.7 Å². The molecule has 2 aromatic heterocycles. The van der Waals surface area contributed by atoms with Crippen molar-refractivity contribution in [2.24, 2.45) is 0 Å². The molecule has 1 aliphatic carbocycles. The van der Waals surface area contributed by atoms with Crippen molar-refractivity contribution in [1.29, 1.82) is 0 Å². The summed E-state index contributed by atoms with van der Waals surface area (Å²) >= 11 is 1.57. The first kappa shape index (κ1) is 20.5. The number of carbonyl (C=O) groups excluding carboxylic acids is 1. The topological polar surface area (TPSA) is 62.8 Å². The van der Waals surface area contributed by atoms with Gasteiger partial charge in [0.2, 0.25) is 0 Å². The summed E-state index contributed by atoms with van der Waals surface area (Å²) in [7, 11) is 0. The van der Waals surface area contributed by atoms with E-state index in [1.54, 1.807) is 11.3 Å². The molecule has 4 rings (SSSR count). The van der Waals surface area contributed by atoms with Crippen molar-refractivity contribution < 1.29 is 6.22 Å². The van der Waals surface area contributed by atoms with E-state index in [9.17, 15) is 9.59 Å². The molecule has 0 amide bonds. The van der Waals surface area contributed by atoms with Crippen molar-refractivity contribution in [2.75, 3.05) is 0 Å². The van der Waals surface area contributed by atoms with E-state index in [1.165, 1.54) is 10.4 Å². The van der Waals surface area contributed by atoms with Crippen molar-refractivity contribution in [3.8, 4) is 0 Å². The Balaban J connectivity index is 0.000000970. The van der Waals surface area contributed by atoms with Gasteiger partial charge in [0.1, 0.15) is 4.83 Å². The number of aromatic nitrogens is 2. The Morgan fingerprint density at radius 3 is 2.82 bits per heavy atom. The van der Waals surface area contributed by atoms with Crippen LogP contribution >= 0.6 is 11.3 Å². The fourth-order valence-corrected chi connectivity index (χ4v) is 4.88. The second kappa shape index (κ2) is 8.82. The van der Waals surface area contributed by atoms with Gasteiger partial charge in [-0.15, -0.1) is 11.3 Å². The highest BCUT2D eigenvalue weighted by Gasteiger charge is 2.22. The van der Waals surface area contributed by atoms with Gasteiger partial charge in [0.15, 0.2) is 11.6 Å². The molecule has 0 fully saturated rings. The molecule has 1 aromatic carbocycles. The maximum absolute atomic E-state index is 12.6. The lowest BCUT2D eigenvalue weighted by atomic mass is 9.98. The Bertz CT molecular complexity index is 1050. The molecule has 1 N–H and O–H groups in total. The molecular formula is C23H30N2O2S. The van der Waals surface area contributed by atoms with E-state index < -0.39 is 0 Å². The molecule has 1 aliphatic rings. The van der Waals surface area contributed by atoms with Gasteiger partial charge < -0.3 is 4.98 Å². The Morgan fingerprint density at radius 2 is 2.07 bits per heavy atom. The summed E-state index contributed by atoms with van der Waals surface area (Å²) in [5.41, 5.74) is 3.39. The lowest BCUT2D eigenvalue weighted by molar-refractivity contribution is 0.0973. The van der Waals surface area contributed by atoms with E-state index in [4.69, 9.17) is 0 Å². The maximum Gasteiger partial charge on any atom is 0.260 e. The van der Waals surface area contributed by atoms with Gasteiger partial charge in [-0.3, -0.25) is 9.59 Å². The minimum Gasteiger partial charge on any atom is -0.303 e. The standard InChI is InChI=1S/C21H22N2O2S.C2H6.H2/c1-12(2)14-6-3-5-13(11-14)9-10-16(24)19-22-20(25)18-15-7-4-8-17(15)26-21(18)23-19;1-2;/h3,5-6,11-12H,4,7-10H2,1-2H3,(H,22,23,25);1-2H3;1H. The number of benzene rings is 1. The molecule has 28 heavy (non-hydrogen) atoms. The number of rotatable bonds is 5. The molecule has 0 radical (unpaired) electrons. The molecule has 4 nitrogen and oxygen atoms in total. The van der Waals surface area contributed by atoms with E-state index in [0.29, 0.717) is 29.0 Å². The Kier molecular flexibility index (Phi) is 6.45. The number of thiophene rings is 1. The van der Waals surface area contributed by atoms with Crippen LogP contribution < -0.4 is 5.56 Å². The zero-order valence-corrected chi connectivity index (χ0v) is 17.9. The number of carbonyl (C=O) groups is 1. The fourth-order valence-electron chi connectivity index (χ4n) is 3.62. The molecule has 0 aliphatic heterocycles. The summed E-state index contributed by atoms with van der Waals surface area (Å²) in [6.45, 7) is 8.32. The quantitative estimate of drug-likeness (QED) is 0.562. The molecule has 2 heterocycles. The lowest BCUT2D eigenvalue weighted by Gasteiger charge is -2.08. The van der Waals surface area contributed by atoms with Gasteiger partial charge >= 0.3 is 0 Å². The number of nitrogens with one attached hydrogen (secondary N) is 1. The van der Waals surface area contributed by atoms with Gasteiger partial charge in [0.05, 0.1) is 5.39 Å². The summed E-state index contributed by atoms with van der Waals surface area (Å²) in [5.74, 6) is 0.557. The number of aryl methyl sites for hydroxylation is 3. The summed E-state index contributed by atoms with van der Waals surface area (Å²) in [4.78, 5) is 34.2. The normalized spacial score (nSPS) is 12.8. The van der Waals surface area contributed by atoms with E-state index in [2.05, 4.69) is 35.9 Å². The predicted molar refractivity (Wildman–Crippen MR) is 119 cm³/mol.